The van der Waals surface area contributed by atoms with Gasteiger partial charge in [-0.3, -0.25) is 4.68 Å². The molecule has 0 radical (unpaired) electrons. The lowest BCUT2D eigenvalue weighted by Gasteiger charge is -2.13. The molecule has 3 aromatic heterocycles. The molecule has 0 saturated heterocycles. The number of benzene rings is 2. The lowest BCUT2D eigenvalue weighted by molar-refractivity contribution is 0.414. The van der Waals surface area contributed by atoms with Crippen LogP contribution in [0, 0.1) is 0 Å². The van der Waals surface area contributed by atoms with Gasteiger partial charge in [-0.05, 0) is 60.2 Å². The number of halogens is 1. The first-order valence-corrected chi connectivity index (χ1v) is 12.3. The van der Waals surface area contributed by atoms with Crippen molar-refractivity contribution in [3.05, 3.63) is 88.7 Å². The van der Waals surface area contributed by atoms with Crippen molar-refractivity contribution in [1.29, 1.82) is 0 Å². The summed E-state index contributed by atoms with van der Waals surface area (Å²) >= 11 is 6.07. The largest absolute Gasteiger partial charge is 0.497 e. The number of pyridine rings is 2. The molecule has 0 bridgehead atoms. The minimum atomic E-state index is 0.441. The van der Waals surface area contributed by atoms with Gasteiger partial charge < -0.3 is 9.47 Å². The second kappa shape index (κ2) is 9.28. The van der Waals surface area contributed by atoms with Crippen LogP contribution >= 0.6 is 11.6 Å². The Labute approximate surface area is 214 Å². The Balaban J connectivity index is 1.55. The Morgan fingerprint density at radius 2 is 1.81 bits per heavy atom. The van der Waals surface area contributed by atoms with Gasteiger partial charge in [-0.2, -0.15) is 5.10 Å². The molecule has 0 unspecified atom stereocenters. The molecule has 5 aromatic rings. The normalized spacial score (nSPS) is 12.6. The molecule has 0 aliphatic heterocycles. The van der Waals surface area contributed by atoms with Gasteiger partial charge >= 0.3 is 0 Å². The molecule has 36 heavy (non-hydrogen) atoms. The van der Waals surface area contributed by atoms with E-state index in [0.717, 1.165) is 63.5 Å². The molecule has 7 heteroatoms. The van der Waals surface area contributed by atoms with Gasteiger partial charge in [0.1, 0.15) is 33.6 Å². The van der Waals surface area contributed by atoms with E-state index in [1.807, 2.05) is 35.0 Å². The Morgan fingerprint density at radius 3 is 2.56 bits per heavy atom. The van der Waals surface area contributed by atoms with E-state index < -0.39 is 0 Å². The van der Waals surface area contributed by atoms with Crippen LogP contribution in [0.3, 0.4) is 0 Å². The van der Waals surface area contributed by atoms with E-state index in [0.29, 0.717) is 11.7 Å². The predicted octanol–water partition coefficient (Wildman–Crippen LogP) is 6.37. The molecule has 0 spiro atoms. The third-order valence-electron chi connectivity index (χ3n) is 6.80. The number of aryl methyl sites for hydroxylation is 1. The van der Waals surface area contributed by atoms with Gasteiger partial charge in [0, 0.05) is 23.4 Å². The molecule has 2 aromatic carbocycles. The molecule has 0 N–H and O–H groups in total. The maximum absolute atomic E-state index is 6.07. The molecule has 1 aliphatic rings. The Kier molecular flexibility index (Phi) is 5.82. The van der Waals surface area contributed by atoms with Crippen LogP contribution in [0.5, 0.6) is 11.5 Å². The summed E-state index contributed by atoms with van der Waals surface area (Å²) in [5.41, 5.74) is 9.16. The summed E-state index contributed by atoms with van der Waals surface area (Å²) in [5.74, 6) is 1.56. The zero-order valence-corrected chi connectivity index (χ0v) is 20.9. The maximum Gasteiger partial charge on any atom is 0.147 e. The molecular formula is C29H25ClN4O2. The third kappa shape index (κ3) is 3.97. The fourth-order valence-corrected chi connectivity index (χ4v) is 5.11. The van der Waals surface area contributed by atoms with Crippen LogP contribution in [0.25, 0.3) is 33.5 Å². The summed E-state index contributed by atoms with van der Waals surface area (Å²) < 4.78 is 13.2. The van der Waals surface area contributed by atoms with Gasteiger partial charge in [0.05, 0.1) is 26.3 Å². The highest BCUT2D eigenvalue weighted by Crippen LogP contribution is 2.39. The Bertz CT molecular complexity index is 1560. The number of rotatable bonds is 6. The van der Waals surface area contributed by atoms with Crippen molar-refractivity contribution in [1.82, 2.24) is 19.7 Å². The lowest BCUT2D eigenvalue weighted by Crippen LogP contribution is -2.02. The molecule has 0 atom stereocenters. The molecule has 1 aliphatic carbocycles. The van der Waals surface area contributed by atoms with Gasteiger partial charge in [0.2, 0.25) is 0 Å². The summed E-state index contributed by atoms with van der Waals surface area (Å²) in [6.07, 6.45) is 5.07. The number of methoxy groups -OCH3 is 2. The first kappa shape index (κ1) is 22.6. The second-order valence-corrected chi connectivity index (χ2v) is 9.31. The van der Waals surface area contributed by atoms with Crippen LogP contribution in [0.15, 0.2) is 66.9 Å². The molecule has 0 fully saturated rings. The first-order valence-electron chi connectivity index (χ1n) is 12.0. The van der Waals surface area contributed by atoms with Crippen molar-refractivity contribution in [3.63, 3.8) is 0 Å². The maximum atomic E-state index is 6.07. The Morgan fingerprint density at radius 1 is 0.944 bits per heavy atom. The predicted molar refractivity (Wildman–Crippen MR) is 142 cm³/mol. The molecule has 180 valence electrons. The average molecular weight is 497 g/mol. The lowest BCUT2D eigenvalue weighted by atomic mass is 9.99. The summed E-state index contributed by atoms with van der Waals surface area (Å²) in [6, 6.07) is 20.2. The fraction of sp³-hybridized carbons (Fsp3) is 0.207. The van der Waals surface area contributed by atoms with Gasteiger partial charge in [0.25, 0.3) is 0 Å². The second-order valence-electron chi connectivity index (χ2n) is 8.93. The minimum absolute atomic E-state index is 0.441. The fourth-order valence-electron chi connectivity index (χ4n) is 5.00. The topological polar surface area (TPSA) is 62.1 Å². The first-order chi connectivity index (χ1) is 17.6. The van der Waals surface area contributed by atoms with E-state index in [1.54, 1.807) is 26.5 Å². The van der Waals surface area contributed by atoms with E-state index >= 15 is 0 Å². The summed E-state index contributed by atoms with van der Waals surface area (Å²) in [6.45, 7) is 0.576. The highest BCUT2D eigenvalue weighted by Gasteiger charge is 2.23. The van der Waals surface area contributed by atoms with Gasteiger partial charge in [-0.25, -0.2) is 9.97 Å². The minimum Gasteiger partial charge on any atom is -0.497 e. The van der Waals surface area contributed by atoms with Crippen LogP contribution < -0.4 is 9.47 Å². The third-order valence-corrected chi connectivity index (χ3v) is 7.03. The van der Waals surface area contributed by atoms with Crippen LogP contribution in [0.1, 0.15) is 23.1 Å². The SMILES string of the molecule is COc1ccc(Cn2nc(-c3ccc(Cl)nc3)c3nc(-c4cccc5c4CCC5)c(OC)cc32)cc1. The molecule has 3 heterocycles. The highest BCUT2D eigenvalue weighted by molar-refractivity contribution is 6.29. The van der Waals surface area contributed by atoms with Gasteiger partial charge in [0.15, 0.2) is 0 Å². The zero-order chi connectivity index (χ0) is 24.6. The number of fused-ring (bicyclic) bond motifs is 2. The van der Waals surface area contributed by atoms with E-state index in [9.17, 15) is 0 Å². The molecular weight excluding hydrogens is 472 g/mol. The number of hydrogen-bond acceptors (Lipinski definition) is 5. The van der Waals surface area contributed by atoms with Gasteiger partial charge in [-0.15, -0.1) is 0 Å². The molecule has 6 rings (SSSR count). The number of nitrogens with zero attached hydrogens (tertiary/aromatic N) is 4. The van der Waals surface area contributed by atoms with E-state index in [1.165, 1.54) is 17.5 Å². The molecule has 0 amide bonds. The summed E-state index contributed by atoms with van der Waals surface area (Å²) in [7, 11) is 3.36. The summed E-state index contributed by atoms with van der Waals surface area (Å²) in [5, 5.41) is 5.43. The van der Waals surface area contributed by atoms with Crippen LogP contribution in [-0.4, -0.2) is 34.0 Å². The van der Waals surface area contributed by atoms with Crippen LogP contribution in [0.4, 0.5) is 0 Å². The quantitative estimate of drug-likeness (QED) is 0.256. The molecule has 0 saturated carbocycles. The monoisotopic (exact) mass is 496 g/mol. The van der Waals surface area contributed by atoms with Crippen molar-refractivity contribution in [2.24, 2.45) is 0 Å². The van der Waals surface area contributed by atoms with Crippen molar-refractivity contribution in [3.8, 4) is 34.0 Å². The van der Waals surface area contributed by atoms with Crippen LogP contribution in [-0.2, 0) is 19.4 Å². The van der Waals surface area contributed by atoms with Crippen LogP contribution in [0.2, 0.25) is 5.15 Å². The Hall–Kier alpha value is -3.90. The van der Waals surface area contributed by atoms with E-state index in [-0.39, 0.29) is 0 Å². The number of ether oxygens (including phenoxy) is 2. The molecule has 6 nitrogen and oxygen atoms in total. The zero-order valence-electron chi connectivity index (χ0n) is 20.2. The average Bonchev–Trinajstić information content (AvgIpc) is 3.53. The standard InChI is InChI=1S/C29H25ClN4O2/c1-35-21-12-9-18(10-13-21)17-34-24-15-25(36-2)28(23-8-4-6-19-5-3-7-22(19)23)32-29(24)27(33-34)20-11-14-26(30)31-16-20/h4,6,8-16H,3,5,7,17H2,1-2H3. The van der Waals surface area contributed by atoms with Gasteiger partial charge in [-0.1, -0.05) is 41.9 Å². The number of hydrogen-bond donors (Lipinski definition) is 0. The summed E-state index contributed by atoms with van der Waals surface area (Å²) in [4.78, 5) is 9.48. The van der Waals surface area contributed by atoms with Crippen molar-refractivity contribution in [2.75, 3.05) is 14.2 Å². The van der Waals surface area contributed by atoms with E-state index in [2.05, 4.69) is 29.2 Å². The number of aromatic nitrogens is 4. The van der Waals surface area contributed by atoms with Crippen molar-refractivity contribution >= 4 is 22.6 Å². The van der Waals surface area contributed by atoms with Crippen molar-refractivity contribution < 1.29 is 9.47 Å². The van der Waals surface area contributed by atoms with E-state index in [4.69, 9.17) is 31.2 Å². The highest BCUT2D eigenvalue weighted by atomic mass is 35.5. The van der Waals surface area contributed by atoms with Crippen molar-refractivity contribution in [2.45, 2.75) is 25.8 Å². The smallest absolute Gasteiger partial charge is 0.147 e.